The molecule has 0 unspecified atom stereocenters. The van der Waals surface area contributed by atoms with Gasteiger partial charge in [-0.15, -0.1) is 0 Å². The fourth-order valence-corrected chi connectivity index (χ4v) is 2.86. The zero-order chi connectivity index (χ0) is 17.8. The Morgan fingerprint density at radius 1 is 1.08 bits per heavy atom. The number of hydrazine groups is 1. The molecule has 3 amide bonds. The van der Waals surface area contributed by atoms with Crippen LogP contribution in [0.15, 0.2) is 48.5 Å². The van der Waals surface area contributed by atoms with E-state index in [4.69, 9.17) is 0 Å². The maximum Gasteiger partial charge on any atom is 0.339 e. The molecule has 0 atom stereocenters. The Labute approximate surface area is 144 Å². The molecule has 10 heteroatoms. The van der Waals surface area contributed by atoms with Gasteiger partial charge in [0.1, 0.15) is 0 Å². The third-order valence-corrected chi connectivity index (χ3v) is 4.07. The molecule has 25 heavy (non-hydrogen) atoms. The highest BCUT2D eigenvalue weighted by molar-refractivity contribution is 7.22. The molecule has 0 aliphatic heterocycles. The number of carbonyl (C=O) groups excluding carboxylic acids is 2. The minimum atomic E-state index is -0.683. The number of fused-ring (bicyclic) bond motifs is 1. The van der Waals surface area contributed by atoms with Crippen LogP contribution in [0, 0.1) is 10.1 Å². The lowest BCUT2D eigenvalue weighted by Gasteiger charge is -2.07. The molecule has 0 spiro atoms. The second-order valence-electron chi connectivity index (χ2n) is 4.83. The first-order valence-electron chi connectivity index (χ1n) is 7.00. The van der Waals surface area contributed by atoms with Crippen molar-refractivity contribution in [1.29, 1.82) is 0 Å². The molecule has 0 fully saturated rings. The van der Waals surface area contributed by atoms with Gasteiger partial charge in [-0.3, -0.25) is 25.7 Å². The minimum Gasteiger partial charge on any atom is -0.282 e. The monoisotopic (exact) mass is 357 g/mol. The van der Waals surface area contributed by atoms with Crippen LogP contribution < -0.4 is 16.2 Å². The number of hydrogen-bond donors (Lipinski definition) is 3. The summed E-state index contributed by atoms with van der Waals surface area (Å²) in [5.74, 6) is -0.678. The molecular formula is C15H11N5O4S. The molecule has 3 aromatic rings. The van der Waals surface area contributed by atoms with Crippen molar-refractivity contribution in [3.63, 3.8) is 0 Å². The molecule has 0 saturated heterocycles. The first kappa shape index (κ1) is 16.3. The Kier molecular flexibility index (Phi) is 4.53. The third kappa shape index (κ3) is 3.87. The van der Waals surface area contributed by atoms with Crippen molar-refractivity contribution in [3.8, 4) is 0 Å². The highest BCUT2D eigenvalue weighted by Crippen LogP contribution is 2.25. The van der Waals surface area contributed by atoms with Gasteiger partial charge in [-0.1, -0.05) is 29.5 Å². The SMILES string of the molecule is O=C(NNC(=O)c1cccc([N+](=O)[O-])c1)Nc1nc2ccccc2s1. The van der Waals surface area contributed by atoms with E-state index in [0.29, 0.717) is 5.13 Å². The summed E-state index contributed by atoms with van der Waals surface area (Å²) in [6, 6.07) is 11.9. The lowest BCUT2D eigenvalue weighted by atomic mass is 10.2. The number of nitrogens with zero attached hydrogens (tertiary/aromatic N) is 2. The Morgan fingerprint density at radius 2 is 1.88 bits per heavy atom. The number of nitrogens with one attached hydrogen (secondary N) is 3. The Balaban J connectivity index is 1.59. The first-order valence-corrected chi connectivity index (χ1v) is 7.82. The van der Waals surface area contributed by atoms with Crippen LogP contribution in [0.1, 0.15) is 10.4 Å². The molecule has 2 aromatic carbocycles. The van der Waals surface area contributed by atoms with Crippen molar-refractivity contribution in [2.75, 3.05) is 5.32 Å². The molecule has 0 radical (unpaired) electrons. The average Bonchev–Trinajstić information content (AvgIpc) is 3.01. The van der Waals surface area contributed by atoms with Gasteiger partial charge in [-0.25, -0.2) is 15.2 Å². The zero-order valence-electron chi connectivity index (χ0n) is 12.6. The third-order valence-electron chi connectivity index (χ3n) is 3.12. The summed E-state index contributed by atoms with van der Waals surface area (Å²) in [6.45, 7) is 0. The molecule has 126 valence electrons. The summed E-state index contributed by atoms with van der Waals surface area (Å²) in [7, 11) is 0. The Hall–Kier alpha value is -3.53. The van der Waals surface area contributed by atoms with Crippen LogP contribution in [-0.2, 0) is 0 Å². The van der Waals surface area contributed by atoms with Crippen molar-refractivity contribution >= 4 is 44.3 Å². The van der Waals surface area contributed by atoms with Crippen molar-refractivity contribution in [1.82, 2.24) is 15.8 Å². The lowest BCUT2D eigenvalue weighted by molar-refractivity contribution is -0.384. The standard InChI is InChI=1S/C15H11N5O4S/c21-13(9-4-3-5-10(8-9)20(23)24)18-19-14(22)17-15-16-11-6-1-2-7-12(11)25-15/h1-8H,(H,18,21)(H2,16,17,19,22). The number of nitro groups is 1. The Bertz CT molecular complexity index is 938. The topological polar surface area (TPSA) is 126 Å². The predicted octanol–water partition coefficient (Wildman–Crippen LogP) is 2.67. The molecular weight excluding hydrogens is 346 g/mol. The minimum absolute atomic E-state index is 0.0505. The molecule has 0 aliphatic carbocycles. The number of amides is 3. The second-order valence-corrected chi connectivity index (χ2v) is 5.86. The molecule has 9 nitrogen and oxygen atoms in total. The first-order chi connectivity index (χ1) is 12.0. The van der Waals surface area contributed by atoms with Gasteiger partial charge in [-0.2, -0.15) is 0 Å². The van der Waals surface area contributed by atoms with E-state index in [1.165, 1.54) is 29.5 Å². The number of nitro benzene ring substituents is 1. The smallest absolute Gasteiger partial charge is 0.282 e. The summed E-state index contributed by atoms with van der Waals surface area (Å²) in [4.78, 5) is 38.1. The van der Waals surface area contributed by atoms with E-state index in [9.17, 15) is 19.7 Å². The number of aromatic nitrogens is 1. The molecule has 1 aromatic heterocycles. The average molecular weight is 357 g/mol. The highest BCUT2D eigenvalue weighted by Gasteiger charge is 2.13. The van der Waals surface area contributed by atoms with E-state index in [-0.39, 0.29) is 11.3 Å². The number of non-ortho nitro benzene ring substituents is 1. The van der Waals surface area contributed by atoms with Gasteiger partial charge in [0.2, 0.25) is 0 Å². The number of anilines is 1. The fraction of sp³-hybridized carbons (Fsp3) is 0. The highest BCUT2D eigenvalue weighted by atomic mass is 32.1. The van der Waals surface area contributed by atoms with E-state index in [1.54, 1.807) is 0 Å². The predicted molar refractivity (Wildman–Crippen MR) is 92.3 cm³/mol. The van der Waals surface area contributed by atoms with Crippen LogP contribution in [0.4, 0.5) is 15.6 Å². The van der Waals surface area contributed by atoms with Gasteiger partial charge in [0.05, 0.1) is 15.1 Å². The summed E-state index contributed by atoms with van der Waals surface area (Å²) in [6.07, 6.45) is 0. The van der Waals surface area contributed by atoms with E-state index in [0.717, 1.165) is 16.3 Å². The lowest BCUT2D eigenvalue weighted by Crippen LogP contribution is -2.43. The maximum atomic E-state index is 11.9. The van der Waals surface area contributed by atoms with Crippen molar-refractivity contribution in [2.24, 2.45) is 0 Å². The molecule has 0 saturated carbocycles. The molecule has 0 aliphatic rings. The number of carbonyl (C=O) groups is 2. The quantitative estimate of drug-likeness (QED) is 0.491. The van der Waals surface area contributed by atoms with Crippen molar-refractivity contribution < 1.29 is 14.5 Å². The van der Waals surface area contributed by atoms with Crippen LogP contribution in [-0.4, -0.2) is 21.8 Å². The summed E-state index contributed by atoms with van der Waals surface area (Å²) in [5, 5.41) is 13.6. The van der Waals surface area contributed by atoms with Gasteiger partial charge in [0.25, 0.3) is 11.6 Å². The van der Waals surface area contributed by atoms with Crippen LogP contribution in [0.25, 0.3) is 10.2 Å². The van der Waals surface area contributed by atoms with Crippen LogP contribution >= 0.6 is 11.3 Å². The molecule has 0 bridgehead atoms. The van der Waals surface area contributed by atoms with Crippen molar-refractivity contribution in [2.45, 2.75) is 0 Å². The normalized spacial score (nSPS) is 10.2. The number of benzene rings is 2. The number of para-hydroxylation sites is 1. The van der Waals surface area contributed by atoms with Gasteiger partial charge in [0.15, 0.2) is 5.13 Å². The summed E-state index contributed by atoms with van der Waals surface area (Å²) < 4.78 is 0.915. The van der Waals surface area contributed by atoms with Crippen molar-refractivity contribution in [3.05, 3.63) is 64.2 Å². The number of hydrogen-bond acceptors (Lipinski definition) is 6. The van der Waals surface area contributed by atoms with E-state index in [2.05, 4.69) is 21.2 Å². The molecule has 1 heterocycles. The van der Waals surface area contributed by atoms with E-state index < -0.39 is 16.9 Å². The molecule has 3 rings (SSSR count). The maximum absolute atomic E-state index is 11.9. The van der Waals surface area contributed by atoms with Gasteiger partial charge >= 0.3 is 6.03 Å². The van der Waals surface area contributed by atoms with E-state index in [1.807, 2.05) is 24.3 Å². The van der Waals surface area contributed by atoms with Gasteiger partial charge in [0, 0.05) is 17.7 Å². The fourth-order valence-electron chi connectivity index (χ4n) is 2.00. The summed E-state index contributed by atoms with van der Waals surface area (Å²) in [5.41, 5.74) is 4.93. The van der Waals surface area contributed by atoms with Crippen LogP contribution in [0.5, 0.6) is 0 Å². The number of urea groups is 1. The summed E-state index contributed by atoms with van der Waals surface area (Å²) >= 11 is 1.29. The van der Waals surface area contributed by atoms with Gasteiger partial charge in [-0.05, 0) is 18.2 Å². The number of rotatable bonds is 3. The number of thiazole rings is 1. The largest absolute Gasteiger partial charge is 0.339 e. The van der Waals surface area contributed by atoms with Gasteiger partial charge < -0.3 is 0 Å². The zero-order valence-corrected chi connectivity index (χ0v) is 13.4. The van der Waals surface area contributed by atoms with Crippen LogP contribution in [0.2, 0.25) is 0 Å². The Morgan fingerprint density at radius 3 is 2.64 bits per heavy atom. The van der Waals surface area contributed by atoms with E-state index >= 15 is 0 Å². The van der Waals surface area contributed by atoms with Crippen LogP contribution in [0.3, 0.4) is 0 Å². The molecule has 3 N–H and O–H groups in total. The second kappa shape index (κ2) is 6.93.